The molecule has 0 spiro atoms. The third-order valence-electron chi connectivity index (χ3n) is 5.68. The van der Waals surface area contributed by atoms with Gasteiger partial charge in [-0.05, 0) is 41.1 Å². The number of Topliss-reactive ketones (excluding diaryl/α,β-unsaturated/α-hetero) is 1. The van der Waals surface area contributed by atoms with Gasteiger partial charge in [0.15, 0.2) is 5.78 Å². The maximum absolute atomic E-state index is 14.3. The molecule has 13 heteroatoms. The first kappa shape index (κ1) is 27.7. The average Bonchev–Trinajstić information content (AvgIpc) is 3.27. The minimum Gasteiger partial charge on any atom is -0.345 e. The van der Waals surface area contributed by atoms with Gasteiger partial charge in [-0.2, -0.15) is 26.3 Å². The number of hydroxylamine groups is 1. The summed E-state index contributed by atoms with van der Waals surface area (Å²) < 4.78 is 80.2. The molecule has 1 atom stereocenters. The van der Waals surface area contributed by atoms with Gasteiger partial charge in [0.2, 0.25) is 5.60 Å². The zero-order valence-electron chi connectivity index (χ0n) is 18.9. The highest BCUT2D eigenvalue weighted by Crippen LogP contribution is 2.48. The fraction of sp³-hybridized carbons (Fsp3) is 0.200. The number of amides is 1. The van der Waals surface area contributed by atoms with E-state index in [1.807, 2.05) is 0 Å². The normalized spacial score (nSPS) is 17.7. The molecule has 1 heterocycles. The van der Waals surface area contributed by atoms with E-state index in [4.69, 9.17) is 28.0 Å². The molecule has 0 saturated carbocycles. The number of fused-ring (bicyclic) bond motifs is 1. The Morgan fingerprint density at radius 3 is 2.16 bits per heavy atom. The highest BCUT2D eigenvalue weighted by atomic mass is 35.5. The lowest BCUT2D eigenvalue weighted by molar-refractivity contribution is -0.269. The molecule has 0 saturated heterocycles. The van der Waals surface area contributed by atoms with Crippen LogP contribution in [-0.2, 0) is 15.2 Å². The minimum absolute atomic E-state index is 0.00683. The second-order valence-electron chi connectivity index (χ2n) is 8.37. The van der Waals surface area contributed by atoms with Gasteiger partial charge in [0.25, 0.3) is 5.91 Å². The molecule has 1 aliphatic rings. The Morgan fingerprint density at radius 1 is 0.921 bits per heavy atom. The summed E-state index contributed by atoms with van der Waals surface area (Å²) in [5, 5.41) is 2.71. The molecule has 0 aliphatic carbocycles. The predicted molar refractivity (Wildman–Crippen MR) is 128 cm³/mol. The first-order chi connectivity index (χ1) is 17.7. The van der Waals surface area contributed by atoms with Crippen LogP contribution in [0.5, 0.6) is 0 Å². The van der Waals surface area contributed by atoms with Crippen LogP contribution in [0.4, 0.5) is 26.3 Å². The highest BCUT2D eigenvalue weighted by molar-refractivity contribution is 6.34. The Hall–Kier alpha value is -3.28. The fourth-order valence-corrected chi connectivity index (χ4v) is 4.56. The zero-order valence-corrected chi connectivity index (χ0v) is 20.4. The van der Waals surface area contributed by atoms with Crippen LogP contribution >= 0.6 is 23.2 Å². The summed E-state index contributed by atoms with van der Waals surface area (Å²) in [7, 11) is 0. The number of halogens is 8. The molecule has 3 aromatic carbocycles. The van der Waals surface area contributed by atoms with Crippen molar-refractivity contribution in [1.82, 2.24) is 10.8 Å². The van der Waals surface area contributed by atoms with Crippen LogP contribution in [0.1, 0.15) is 27.9 Å². The molecular formula is C25H16Cl2F6N2O3. The van der Waals surface area contributed by atoms with Crippen molar-refractivity contribution in [3.63, 3.8) is 0 Å². The summed E-state index contributed by atoms with van der Waals surface area (Å²) in [6, 6.07) is 12.3. The molecule has 38 heavy (non-hydrogen) atoms. The van der Waals surface area contributed by atoms with Crippen molar-refractivity contribution < 1.29 is 40.8 Å². The number of hydrogen-bond acceptors (Lipinski definition) is 4. The molecule has 1 aliphatic heterocycles. The minimum atomic E-state index is -4.94. The molecule has 0 bridgehead atoms. The van der Waals surface area contributed by atoms with Gasteiger partial charge in [0, 0.05) is 26.7 Å². The van der Waals surface area contributed by atoms with Crippen molar-refractivity contribution in [2.75, 3.05) is 6.54 Å². The quantitative estimate of drug-likeness (QED) is 0.319. The van der Waals surface area contributed by atoms with Crippen LogP contribution in [0.25, 0.3) is 16.5 Å². The number of rotatable bonds is 6. The lowest BCUT2D eigenvalue weighted by Crippen LogP contribution is -2.42. The predicted octanol–water partition coefficient (Wildman–Crippen LogP) is 6.73. The lowest BCUT2D eigenvalue weighted by Gasteiger charge is -2.28. The monoisotopic (exact) mass is 576 g/mol. The number of benzene rings is 3. The molecule has 4 rings (SSSR count). The molecule has 0 fully saturated rings. The van der Waals surface area contributed by atoms with Gasteiger partial charge in [0.05, 0.1) is 12.2 Å². The standard InChI is InChI=1S/C25H16Cl2F6N2O3/c26-14-7-13(8-15(27)9-14)23(25(31,32)33)11-21(35-38-23)19-5-6-20(18-4-2-1-3-17(18)19)22(37)34-12-16(36)10-24(28,29)30/h1-9,11,35H,10,12H2,(H,34,37). The van der Waals surface area contributed by atoms with Crippen molar-refractivity contribution in [3.8, 4) is 0 Å². The van der Waals surface area contributed by atoms with E-state index in [9.17, 15) is 35.9 Å². The van der Waals surface area contributed by atoms with Crippen LogP contribution in [-0.4, -0.2) is 30.6 Å². The number of carbonyl (C=O) groups is 2. The van der Waals surface area contributed by atoms with Crippen LogP contribution in [0.2, 0.25) is 10.0 Å². The van der Waals surface area contributed by atoms with Crippen molar-refractivity contribution in [3.05, 3.63) is 87.4 Å². The summed E-state index contributed by atoms with van der Waals surface area (Å²) in [5.41, 5.74) is -0.811. The number of ketones is 1. The van der Waals surface area contributed by atoms with E-state index in [0.29, 0.717) is 5.39 Å². The second kappa shape index (κ2) is 10.1. The molecular weight excluding hydrogens is 561 g/mol. The largest absolute Gasteiger partial charge is 0.428 e. The summed E-state index contributed by atoms with van der Waals surface area (Å²) in [4.78, 5) is 29.3. The molecule has 3 aromatic rings. The third-order valence-corrected chi connectivity index (χ3v) is 6.12. The highest BCUT2D eigenvalue weighted by Gasteiger charge is 2.59. The van der Waals surface area contributed by atoms with E-state index in [-0.39, 0.29) is 37.8 Å². The first-order valence-electron chi connectivity index (χ1n) is 10.8. The fourth-order valence-electron chi connectivity index (χ4n) is 4.04. The molecule has 0 radical (unpaired) electrons. The van der Waals surface area contributed by atoms with E-state index < -0.39 is 42.6 Å². The summed E-state index contributed by atoms with van der Waals surface area (Å²) in [6.07, 6.45) is -10.5. The molecule has 2 N–H and O–H groups in total. The second-order valence-corrected chi connectivity index (χ2v) is 9.25. The van der Waals surface area contributed by atoms with E-state index in [2.05, 4.69) is 10.8 Å². The SMILES string of the molecule is O=C(CNC(=O)c1ccc(C2=CC(c3cc(Cl)cc(Cl)c3)(C(F)(F)F)ON2)c2ccccc12)CC(F)(F)F. The number of nitrogens with one attached hydrogen (secondary N) is 2. The number of alkyl halides is 6. The van der Waals surface area contributed by atoms with Crippen LogP contribution in [0.15, 0.2) is 60.7 Å². The molecule has 0 aromatic heterocycles. The van der Waals surface area contributed by atoms with Crippen LogP contribution < -0.4 is 10.8 Å². The summed E-state index contributed by atoms with van der Waals surface area (Å²) in [5.74, 6) is -2.06. The first-order valence-corrected chi connectivity index (χ1v) is 11.5. The van der Waals surface area contributed by atoms with Gasteiger partial charge >= 0.3 is 12.4 Å². The molecule has 1 amide bonds. The van der Waals surface area contributed by atoms with Gasteiger partial charge in [-0.3, -0.25) is 19.9 Å². The van der Waals surface area contributed by atoms with Gasteiger partial charge in [-0.1, -0.05) is 53.5 Å². The van der Waals surface area contributed by atoms with Crippen LogP contribution in [0.3, 0.4) is 0 Å². The summed E-state index contributed by atoms with van der Waals surface area (Å²) >= 11 is 11.9. The average molecular weight is 577 g/mol. The van der Waals surface area contributed by atoms with Gasteiger partial charge < -0.3 is 5.32 Å². The molecule has 200 valence electrons. The maximum Gasteiger partial charge on any atom is 0.428 e. The molecule has 5 nitrogen and oxygen atoms in total. The lowest BCUT2D eigenvalue weighted by atomic mass is 9.90. The topological polar surface area (TPSA) is 67.4 Å². The van der Waals surface area contributed by atoms with Crippen LogP contribution in [0, 0.1) is 0 Å². The Bertz CT molecular complexity index is 1440. The Balaban J connectivity index is 1.72. The Morgan fingerprint density at radius 2 is 1.55 bits per heavy atom. The van der Waals surface area contributed by atoms with E-state index in [0.717, 1.165) is 18.2 Å². The van der Waals surface area contributed by atoms with E-state index in [1.165, 1.54) is 24.3 Å². The molecule has 1 unspecified atom stereocenters. The van der Waals surface area contributed by atoms with Gasteiger partial charge in [-0.15, -0.1) is 0 Å². The van der Waals surface area contributed by atoms with E-state index in [1.54, 1.807) is 18.2 Å². The van der Waals surface area contributed by atoms with Crippen molar-refractivity contribution >= 4 is 51.4 Å². The van der Waals surface area contributed by atoms with Crippen molar-refractivity contribution in [2.45, 2.75) is 24.4 Å². The zero-order chi connectivity index (χ0) is 27.9. The van der Waals surface area contributed by atoms with Crippen molar-refractivity contribution in [1.29, 1.82) is 0 Å². The van der Waals surface area contributed by atoms with Gasteiger partial charge in [0.1, 0.15) is 6.42 Å². The van der Waals surface area contributed by atoms with Crippen molar-refractivity contribution in [2.24, 2.45) is 0 Å². The maximum atomic E-state index is 14.3. The third kappa shape index (κ3) is 5.59. The Kier molecular flexibility index (Phi) is 7.39. The number of hydrogen-bond donors (Lipinski definition) is 2. The Labute approximate surface area is 221 Å². The number of carbonyl (C=O) groups excluding carboxylic acids is 2. The smallest absolute Gasteiger partial charge is 0.345 e. The van der Waals surface area contributed by atoms with Gasteiger partial charge in [-0.25, -0.2) is 0 Å². The van der Waals surface area contributed by atoms with E-state index >= 15 is 0 Å². The summed E-state index contributed by atoms with van der Waals surface area (Å²) in [6.45, 7) is -0.842.